The number of hydroxylamine groups is 1. The van der Waals surface area contributed by atoms with Gasteiger partial charge >= 0.3 is 0 Å². The molecule has 0 saturated carbocycles. The molecule has 0 aromatic heterocycles. The summed E-state index contributed by atoms with van der Waals surface area (Å²) < 4.78 is 0. The number of aliphatic hydroxyl groups is 1. The Morgan fingerprint density at radius 2 is 1.68 bits per heavy atom. The Balaban J connectivity index is 1.84. The van der Waals surface area contributed by atoms with Crippen molar-refractivity contribution in [3.8, 4) is 0 Å². The number of carbonyl (C=O) groups is 1. The molecule has 0 fully saturated rings. The Morgan fingerprint density at radius 1 is 1.00 bits per heavy atom. The molecule has 0 aliphatic rings. The minimum atomic E-state index is -0.305. The molecular formula is C15H15NO3. The third-order valence-electron chi connectivity index (χ3n) is 2.65. The van der Waals surface area contributed by atoms with Gasteiger partial charge in [-0.1, -0.05) is 42.5 Å². The van der Waals surface area contributed by atoms with Crippen LogP contribution in [0, 0.1) is 0 Å². The van der Waals surface area contributed by atoms with E-state index < -0.39 is 0 Å². The van der Waals surface area contributed by atoms with E-state index in [-0.39, 0.29) is 12.5 Å². The van der Waals surface area contributed by atoms with Crippen LogP contribution in [0.25, 0.3) is 0 Å². The first-order chi connectivity index (χ1) is 9.29. The zero-order valence-corrected chi connectivity index (χ0v) is 10.4. The van der Waals surface area contributed by atoms with Crippen molar-refractivity contribution in [1.82, 2.24) is 5.48 Å². The van der Waals surface area contributed by atoms with E-state index in [1.54, 1.807) is 24.3 Å². The predicted octanol–water partition coefficient (Wildman–Crippen LogP) is 2.04. The Bertz CT molecular complexity index is 523. The maximum Gasteiger partial charge on any atom is 0.274 e. The van der Waals surface area contributed by atoms with Gasteiger partial charge in [-0.3, -0.25) is 9.63 Å². The van der Waals surface area contributed by atoms with Crippen molar-refractivity contribution in [3.63, 3.8) is 0 Å². The molecule has 0 saturated heterocycles. The van der Waals surface area contributed by atoms with Crippen LogP contribution in [-0.2, 0) is 18.1 Å². The number of hydrogen-bond acceptors (Lipinski definition) is 3. The van der Waals surface area contributed by atoms with Crippen molar-refractivity contribution in [2.75, 3.05) is 0 Å². The van der Waals surface area contributed by atoms with Crippen LogP contribution in [0.15, 0.2) is 54.6 Å². The molecule has 0 spiro atoms. The van der Waals surface area contributed by atoms with E-state index in [1.165, 1.54) is 0 Å². The number of carbonyl (C=O) groups excluding carboxylic acids is 1. The molecule has 4 nitrogen and oxygen atoms in total. The highest BCUT2D eigenvalue weighted by Gasteiger charge is 2.05. The first-order valence-electron chi connectivity index (χ1n) is 5.95. The quantitative estimate of drug-likeness (QED) is 0.806. The van der Waals surface area contributed by atoms with Gasteiger partial charge in [-0.05, 0) is 23.3 Å². The lowest BCUT2D eigenvalue weighted by atomic mass is 10.1. The van der Waals surface area contributed by atoms with E-state index in [2.05, 4.69) is 5.48 Å². The molecule has 2 N–H and O–H groups in total. The fourth-order valence-corrected chi connectivity index (χ4v) is 1.58. The lowest BCUT2D eigenvalue weighted by molar-refractivity contribution is 0.0233. The minimum Gasteiger partial charge on any atom is -0.392 e. The largest absolute Gasteiger partial charge is 0.392 e. The molecule has 0 atom stereocenters. The van der Waals surface area contributed by atoms with E-state index in [0.29, 0.717) is 12.2 Å². The number of benzene rings is 2. The maximum atomic E-state index is 11.7. The van der Waals surface area contributed by atoms with Crippen LogP contribution in [0.4, 0.5) is 0 Å². The van der Waals surface area contributed by atoms with Crippen molar-refractivity contribution >= 4 is 5.91 Å². The summed E-state index contributed by atoms with van der Waals surface area (Å²) in [5, 5.41) is 8.91. The molecule has 0 aliphatic carbocycles. The second kappa shape index (κ2) is 6.68. The van der Waals surface area contributed by atoms with E-state index in [0.717, 1.165) is 11.1 Å². The fraction of sp³-hybridized carbons (Fsp3) is 0.133. The number of aliphatic hydroxyl groups excluding tert-OH is 1. The highest BCUT2D eigenvalue weighted by molar-refractivity contribution is 5.93. The van der Waals surface area contributed by atoms with Crippen LogP contribution >= 0.6 is 0 Å². The van der Waals surface area contributed by atoms with Crippen molar-refractivity contribution in [2.45, 2.75) is 13.2 Å². The fourth-order valence-electron chi connectivity index (χ4n) is 1.58. The Hall–Kier alpha value is -2.17. The first kappa shape index (κ1) is 13.3. The minimum absolute atomic E-state index is 0.0353. The lowest BCUT2D eigenvalue weighted by Gasteiger charge is -2.06. The molecule has 0 unspecified atom stereocenters. The predicted molar refractivity (Wildman–Crippen MR) is 71.1 cm³/mol. The molecule has 0 bridgehead atoms. The van der Waals surface area contributed by atoms with Gasteiger partial charge < -0.3 is 5.11 Å². The molecule has 1 amide bonds. The normalized spacial score (nSPS) is 10.2. The molecule has 2 rings (SSSR count). The van der Waals surface area contributed by atoms with E-state index in [1.807, 2.05) is 30.3 Å². The molecule has 0 heterocycles. The summed E-state index contributed by atoms with van der Waals surface area (Å²) in [6.45, 7) is 0.285. The van der Waals surface area contributed by atoms with Gasteiger partial charge in [0, 0.05) is 5.56 Å². The van der Waals surface area contributed by atoms with Crippen LogP contribution in [-0.4, -0.2) is 11.0 Å². The standard InChI is InChI=1S/C15H15NO3/c17-10-12-6-8-14(9-7-12)15(18)16-19-11-13-4-2-1-3-5-13/h1-9,17H,10-11H2,(H,16,18). The van der Waals surface area contributed by atoms with Crippen LogP contribution in [0.5, 0.6) is 0 Å². The third-order valence-corrected chi connectivity index (χ3v) is 2.65. The van der Waals surface area contributed by atoms with Crippen molar-refractivity contribution < 1.29 is 14.7 Å². The molecule has 0 radical (unpaired) electrons. The lowest BCUT2D eigenvalue weighted by Crippen LogP contribution is -2.23. The smallest absolute Gasteiger partial charge is 0.274 e. The Morgan fingerprint density at radius 3 is 2.32 bits per heavy atom. The van der Waals surface area contributed by atoms with Gasteiger partial charge in [0.2, 0.25) is 0 Å². The molecule has 0 aliphatic heterocycles. The number of hydrogen-bond donors (Lipinski definition) is 2. The van der Waals surface area contributed by atoms with Gasteiger partial charge in [-0.15, -0.1) is 0 Å². The first-order valence-corrected chi connectivity index (χ1v) is 5.95. The summed E-state index contributed by atoms with van der Waals surface area (Å²) in [7, 11) is 0. The second-order valence-electron chi connectivity index (χ2n) is 4.06. The molecule has 19 heavy (non-hydrogen) atoms. The molecule has 2 aromatic carbocycles. The monoisotopic (exact) mass is 257 g/mol. The number of nitrogens with one attached hydrogen (secondary N) is 1. The highest BCUT2D eigenvalue weighted by Crippen LogP contribution is 2.05. The van der Waals surface area contributed by atoms with Crippen molar-refractivity contribution in [1.29, 1.82) is 0 Å². The number of rotatable bonds is 5. The summed E-state index contributed by atoms with van der Waals surface area (Å²) in [5.41, 5.74) is 4.62. The second-order valence-corrected chi connectivity index (χ2v) is 4.06. The topological polar surface area (TPSA) is 58.6 Å². The molecule has 2 aromatic rings. The van der Waals surface area contributed by atoms with Gasteiger partial charge in [0.1, 0.15) is 0 Å². The van der Waals surface area contributed by atoms with Gasteiger partial charge in [0.15, 0.2) is 0 Å². The van der Waals surface area contributed by atoms with Gasteiger partial charge in [0.25, 0.3) is 5.91 Å². The molecule has 98 valence electrons. The Labute approximate surface area is 111 Å². The van der Waals surface area contributed by atoms with Gasteiger partial charge in [0.05, 0.1) is 13.2 Å². The molecule has 4 heteroatoms. The van der Waals surface area contributed by atoms with Gasteiger partial charge in [-0.2, -0.15) is 0 Å². The zero-order valence-electron chi connectivity index (χ0n) is 10.4. The third kappa shape index (κ3) is 3.91. The zero-order chi connectivity index (χ0) is 13.5. The summed E-state index contributed by atoms with van der Waals surface area (Å²) in [4.78, 5) is 16.9. The van der Waals surface area contributed by atoms with Crippen LogP contribution in [0.3, 0.4) is 0 Å². The van der Waals surface area contributed by atoms with Crippen LogP contribution in [0.2, 0.25) is 0 Å². The highest BCUT2D eigenvalue weighted by atomic mass is 16.6. The summed E-state index contributed by atoms with van der Waals surface area (Å²) in [6, 6.07) is 16.3. The SMILES string of the molecule is O=C(NOCc1ccccc1)c1ccc(CO)cc1. The average molecular weight is 257 g/mol. The van der Waals surface area contributed by atoms with Crippen LogP contribution < -0.4 is 5.48 Å². The summed E-state index contributed by atoms with van der Waals surface area (Å²) >= 11 is 0. The van der Waals surface area contributed by atoms with E-state index in [4.69, 9.17) is 9.94 Å². The van der Waals surface area contributed by atoms with E-state index >= 15 is 0 Å². The number of amides is 1. The Kier molecular flexibility index (Phi) is 4.66. The molecular weight excluding hydrogens is 242 g/mol. The van der Waals surface area contributed by atoms with Crippen LogP contribution in [0.1, 0.15) is 21.5 Å². The average Bonchev–Trinajstić information content (AvgIpc) is 2.48. The van der Waals surface area contributed by atoms with E-state index in [9.17, 15) is 4.79 Å². The summed E-state index contributed by atoms with van der Waals surface area (Å²) in [6.07, 6.45) is 0. The van der Waals surface area contributed by atoms with Gasteiger partial charge in [-0.25, -0.2) is 5.48 Å². The summed E-state index contributed by atoms with van der Waals surface area (Å²) in [5.74, 6) is -0.305. The van der Waals surface area contributed by atoms with Crippen molar-refractivity contribution in [3.05, 3.63) is 71.3 Å². The van der Waals surface area contributed by atoms with Crippen molar-refractivity contribution in [2.24, 2.45) is 0 Å². The maximum absolute atomic E-state index is 11.7.